The van der Waals surface area contributed by atoms with E-state index in [0.29, 0.717) is 31.7 Å². The Morgan fingerprint density at radius 1 is 1.68 bits per heavy atom. The van der Waals surface area contributed by atoms with Crippen molar-refractivity contribution in [2.24, 2.45) is 5.41 Å². The molecular weight excluding hydrogens is 250 g/mol. The molecule has 1 aromatic heterocycles. The summed E-state index contributed by atoms with van der Waals surface area (Å²) in [6, 6.07) is 2.71. The monoisotopic (exact) mass is 265 g/mol. The van der Waals surface area contributed by atoms with Crippen molar-refractivity contribution in [2.45, 2.75) is 19.8 Å². The molecule has 1 unspecified atom stereocenters. The van der Waals surface area contributed by atoms with E-state index < -0.39 is 16.3 Å². The molecule has 0 amide bonds. The summed E-state index contributed by atoms with van der Waals surface area (Å²) >= 11 is 0. The van der Waals surface area contributed by atoms with Crippen LogP contribution in [0.15, 0.2) is 18.3 Å². The number of anilines is 1. The van der Waals surface area contributed by atoms with Crippen LogP contribution in [0.1, 0.15) is 19.8 Å². The second-order valence-corrected chi connectivity index (χ2v) is 4.74. The number of nitrogens with zero attached hydrogens (tertiary/aromatic N) is 3. The van der Waals surface area contributed by atoms with Gasteiger partial charge in [-0.25, -0.2) is 4.98 Å². The molecule has 1 aliphatic rings. The molecule has 1 N–H and O–H groups in total. The Balaban J connectivity index is 2.23. The van der Waals surface area contributed by atoms with Crippen molar-refractivity contribution in [3.63, 3.8) is 0 Å². The first-order chi connectivity index (χ1) is 8.98. The molecule has 7 heteroatoms. The van der Waals surface area contributed by atoms with Crippen molar-refractivity contribution in [1.82, 2.24) is 4.98 Å². The molecule has 0 aromatic carbocycles. The molecule has 1 atom stereocenters. The van der Waals surface area contributed by atoms with Gasteiger partial charge in [0.25, 0.3) is 5.69 Å². The minimum Gasteiger partial charge on any atom is -0.481 e. The van der Waals surface area contributed by atoms with Crippen LogP contribution in [0.25, 0.3) is 0 Å². The van der Waals surface area contributed by atoms with Crippen LogP contribution in [0.5, 0.6) is 0 Å². The Bertz CT molecular complexity index is 519. The zero-order valence-electron chi connectivity index (χ0n) is 10.6. The predicted octanol–water partition coefficient (Wildman–Crippen LogP) is 1.68. The minimum absolute atomic E-state index is 0.0330. The first-order valence-corrected chi connectivity index (χ1v) is 6.07. The maximum atomic E-state index is 11.4. The second kappa shape index (κ2) is 4.83. The number of carboxylic acid groups (broad SMARTS) is 1. The van der Waals surface area contributed by atoms with Crippen molar-refractivity contribution in [3.05, 3.63) is 28.4 Å². The third kappa shape index (κ3) is 2.35. The highest BCUT2D eigenvalue weighted by Crippen LogP contribution is 2.36. The molecular formula is C12H15N3O4. The highest BCUT2D eigenvalue weighted by Gasteiger charge is 2.43. The van der Waals surface area contributed by atoms with Gasteiger partial charge in [0.2, 0.25) is 0 Å². The number of carbonyl (C=O) groups is 1. The van der Waals surface area contributed by atoms with Gasteiger partial charge in [0.15, 0.2) is 0 Å². The number of carboxylic acids is 1. The molecule has 7 nitrogen and oxygen atoms in total. The van der Waals surface area contributed by atoms with E-state index in [4.69, 9.17) is 0 Å². The van der Waals surface area contributed by atoms with Gasteiger partial charge in [-0.1, -0.05) is 6.92 Å². The maximum Gasteiger partial charge on any atom is 0.311 e. The maximum absolute atomic E-state index is 11.4. The normalized spacial score (nSPS) is 22.5. The van der Waals surface area contributed by atoms with Crippen LogP contribution >= 0.6 is 0 Å². The number of rotatable bonds is 4. The number of pyridine rings is 1. The Hall–Kier alpha value is -2.18. The smallest absolute Gasteiger partial charge is 0.311 e. The molecule has 0 spiro atoms. The Morgan fingerprint density at radius 2 is 2.42 bits per heavy atom. The van der Waals surface area contributed by atoms with Crippen LogP contribution in [-0.4, -0.2) is 34.1 Å². The fourth-order valence-corrected chi connectivity index (χ4v) is 2.38. The highest BCUT2D eigenvalue weighted by atomic mass is 16.6. The van der Waals surface area contributed by atoms with Gasteiger partial charge >= 0.3 is 5.97 Å². The van der Waals surface area contributed by atoms with Gasteiger partial charge in [-0.3, -0.25) is 14.9 Å². The van der Waals surface area contributed by atoms with E-state index in [2.05, 4.69) is 4.98 Å². The summed E-state index contributed by atoms with van der Waals surface area (Å²) in [5.41, 5.74) is -0.805. The lowest BCUT2D eigenvalue weighted by molar-refractivity contribution is -0.384. The molecule has 19 heavy (non-hydrogen) atoms. The van der Waals surface area contributed by atoms with E-state index in [9.17, 15) is 20.0 Å². The average molecular weight is 265 g/mol. The van der Waals surface area contributed by atoms with Crippen LogP contribution in [0.2, 0.25) is 0 Å². The lowest BCUT2D eigenvalue weighted by atomic mass is 9.84. The van der Waals surface area contributed by atoms with Gasteiger partial charge in [-0.15, -0.1) is 0 Å². The summed E-state index contributed by atoms with van der Waals surface area (Å²) in [7, 11) is 0. The van der Waals surface area contributed by atoms with E-state index in [-0.39, 0.29) is 5.69 Å². The Labute approximate surface area is 110 Å². The molecule has 102 valence electrons. The molecule has 0 radical (unpaired) electrons. The first kappa shape index (κ1) is 13.3. The SMILES string of the molecule is CCC1(C(=O)O)CCN(c2cc([N+](=O)[O-])ccn2)C1. The van der Waals surface area contributed by atoms with Crippen LogP contribution < -0.4 is 4.90 Å². The summed E-state index contributed by atoms with van der Waals surface area (Å²) in [5.74, 6) is -0.353. The Morgan fingerprint density at radius 3 is 2.95 bits per heavy atom. The van der Waals surface area contributed by atoms with Crippen molar-refractivity contribution in [1.29, 1.82) is 0 Å². The highest BCUT2D eigenvalue weighted by molar-refractivity contribution is 5.76. The summed E-state index contributed by atoms with van der Waals surface area (Å²) in [6.07, 6.45) is 2.44. The zero-order chi connectivity index (χ0) is 14.0. The first-order valence-electron chi connectivity index (χ1n) is 6.07. The van der Waals surface area contributed by atoms with Crippen molar-refractivity contribution < 1.29 is 14.8 Å². The van der Waals surface area contributed by atoms with Gasteiger partial charge in [-0.05, 0) is 12.8 Å². The number of nitro groups is 1. The van der Waals surface area contributed by atoms with E-state index in [1.807, 2.05) is 6.92 Å². The number of aliphatic carboxylic acids is 1. The molecule has 1 aliphatic heterocycles. The third-order valence-electron chi connectivity index (χ3n) is 3.75. The summed E-state index contributed by atoms with van der Waals surface area (Å²) in [4.78, 5) is 27.5. The van der Waals surface area contributed by atoms with Gasteiger partial charge in [0.1, 0.15) is 5.82 Å². The van der Waals surface area contributed by atoms with Crippen LogP contribution in [-0.2, 0) is 4.79 Å². The van der Waals surface area contributed by atoms with Crippen molar-refractivity contribution in [2.75, 3.05) is 18.0 Å². The van der Waals surface area contributed by atoms with E-state index in [1.54, 1.807) is 4.90 Å². The number of hydrogen-bond acceptors (Lipinski definition) is 5. The van der Waals surface area contributed by atoms with Crippen molar-refractivity contribution >= 4 is 17.5 Å². The fourth-order valence-electron chi connectivity index (χ4n) is 2.38. The van der Waals surface area contributed by atoms with Crippen LogP contribution in [0.3, 0.4) is 0 Å². The quantitative estimate of drug-likeness (QED) is 0.657. The molecule has 2 heterocycles. The van der Waals surface area contributed by atoms with Crippen LogP contribution in [0, 0.1) is 15.5 Å². The topological polar surface area (TPSA) is 96.6 Å². The number of hydrogen-bond donors (Lipinski definition) is 1. The number of aromatic nitrogens is 1. The van der Waals surface area contributed by atoms with Crippen molar-refractivity contribution in [3.8, 4) is 0 Å². The zero-order valence-corrected chi connectivity index (χ0v) is 10.6. The van der Waals surface area contributed by atoms with Gasteiger partial charge in [0, 0.05) is 25.4 Å². The lowest BCUT2D eigenvalue weighted by Gasteiger charge is -2.23. The fraction of sp³-hybridized carbons (Fsp3) is 0.500. The molecule has 1 fully saturated rings. The summed E-state index contributed by atoms with van der Waals surface area (Å²) in [5, 5.41) is 20.0. The molecule has 0 bridgehead atoms. The molecule has 2 rings (SSSR count). The third-order valence-corrected chi connectivity index (χ3v) is 3.75. The van der Waals surface area contributed by atoms with Crippen LogP contribution in [0.4, 0.5) is 11.5 Å². The molecule has 1 aromatic rings. The van der Waals surface area contributed by atoms with Gasteiger partial charge in [-0.2, -0.15) is 0 Å². The second-order valence-electron chi connectivity index (χ2n) is 4.74. The Kier molecular flexibility index (Phi) is 3.37. The molecule has 0 saturated carbocycles. The molecule has 1 saturated heterocycles. The van der Waals surface area contributed by atoms with Gasteiger partial charge < -0.3 is 10.0 Å². The molecule has 0 aliphatic carbocycles. The average Bonchev–Trinajstić information content (AvgIpc) is 2.84. The largest absolute Gasteiger partial charge is 0.481 e. The standard InChI is InChI=1S/C12H15N3O4/c1-2-12(11(16)17)4-6-14(8-12)10-7-9(15(18)19)3-5-13-10/h3,5,7H,2,4,6,8H2,1H3,(H,16,17). The lowest BCUT2D eigenvalue weighted by Crippen LogP contribution is -2.34. The summed E-state index contributed by atoms with van der Waals surface area (Å²) in [6.45, 7) is 2.74. The van der Waals surface area contributed by atoms with E-state index >= 15 is 0 Å². The van der Waals surface area contributed by atoms with E-state index in [0.717, 1.165) is 0 Å². The predicted molar refractivity (Wildman–Crippen MR) is 68.1 cm³/mol. The summed E-state index contributed by atoms with van der Waals surface area (Å²) < 4.78 is 0. The van der Waals surface area contributed by atoms with E-state index in [1.165, 1.54) is 18.3 Å². The van der Waals surface area contributed by atoms with Gasteiger partial charge in [0.05, 0.1) is 16.4 Å². The minimum atomic E-state index is -0.817.